The van der Waals surface area contributed by atoms with Crippen LogP contribution in [0.25, 0.3) is 0 Å². The van der Waals surface area contributed by atoms with Crippen molar-refractivity contribution in [2.45, 2.75) is 56.2 Å². The molecule has 2 amide bonds. The summed E-state index contributed by atoms with van der Waals surface area (Å²) < 4.78 is 52.2. The number of aliphatic hydroxyl groups is 1. The summed E-state index contributed by atoms with van der Waals surface area (Å²) in [6.07, 6.45) is -3.77. The number of halogens is 4. The van der Waals surface area contributed by atoms with Crippen LogP contribution in [-0.4, -0.2) is 51.3 Å². The van der Waals surface area contributed by atoms with Gasteiger partial charge in [-0.25, -0.2) is 22.5 Å². The number of H-pyrrole nitrogens is 1. The third kappa shape index (κ3) is 3.39. The molecule has 3 rings (SSSR count). The van der Waals surface area contributed by atoms with Gasteiger partial charge in [0.25, 0.3) is 18.3 Å². The monoisotopic (exact) mass is 378 g/mol. The van der Waals surface area contributed by atoms with E-state index in [0.29, 0.717) is 0 Å². The summed E-state index contributed by atoms with van der Waals surface area (Å²) in [5, 5.41) is 14.7. The molecule has 0 spiro atoms. The standard InChI is InChI=1S/C15H18F4N4O3/c16-12(17)14(4-15(18,19)5-14)13(26)23-8-1-7(2-8)22-11(25)10(24)9-3-20-6-21-9/h3,6-8,10,12,24H,1-2,4-5H2,(H,20,21)(H,22,25)(H,23,26). The molecule has 4 N–H and O–H groups in total. The smallest absolute Gasteiger partial charge is 0.255 e. The van der Waals surface area contributed by atoms with Gasteiger partial charge in [0.05, 0.1) is 18.2 Å². The van der Waals surface area contributed by atoms with Gasteiger partial charge in [0.15, 0.2) is 6.10 Å². The molecule has 0 bridgehead atoms. The van der Waals surface area contributed by atoms with E-state index in [1.165, 1.54) is 12.5 Å². The Hall–Kier alpha value is -2.17. The molecule has 2 aliphatic rings. The zero-order valence-electron chi connectivity index (χ0n) is 13.5. The van der Waals surface area contributed by atoms with Gasteiger partial charge in [-0.1, -0.05) is 0 Å². The third-order valence-corrected chi connectivity index (χ3v) is 4.90. The fourth-order valence-electron chi connectivity index (χ4n) is 3.31. The Bertz CT molecular complexity index is 668. The molecule has 1 atom stereocenters. The molecule has 11 heteroatoms. The van der Waals surface area contributed by atoms with Gasteiger partial charge in [-0.2, -0.15) is 0 Å². The number of rotatable bonds is 6. The maximum Gasteiger partial charge on any atom is 0.255 e. The fourth-order valence-corrected chi connectivity index (χ4v) is 3.31. The van der Waals surface area contributed by atoms with Crippen molar-refractivity contribution in [1.82, 2.24) is 20.6 Å². The number of aromatic nitrogens is 2. The molecule has 1 unspecified atom stereocenters. The van der Waals surface area contributed by atoms with Gasteiger partial charge >= 0.3 is 0 Å². The van der Waals surface area contributed by atoms with Crippen molar-refractivity contribution < 1.29 is 32.3 Å². The van der Waals surface area contributed by atoms with Crippen LogP contribution in [0.4, 0.5) is 17.6 Å². The summed E-state index contributed by atoms with van der Waals surface area (Å²) in [6, 6.07) is -0.836. The van der Waals surface area contributed by atoms with Crippen LogP contribution >= 0.6 is 0 Å². The molecule has 2 fully saturated rings. The maximum atomic E-state index is 13.1. The molecule has 2 saturated carbocycles. The second-order valence-corrected chi connectivity index (χ2v) is 6.92. The van der Waals surface area contributed by atoms with E-state index in [4.69, 9.17) is 0 Å². The van der Waals surface area contributed by atoms with Crippen LogP contribution in [0.5, 0.6) is 0 Å². The number of aliphatic hydroxyl groups excluding tert-OH is 1. The average Bonchev–Trinajstić information content (AvgIpc) is 3.02. The Kier molecular flexibility index (Phi) is 4.67. The minimum Gasteiger partial charge on any atom is -0.377 e. The molecule has 2 aliphatic carbocycles. The first-order chi connectivity index (χ1) is 12.1. The van der Waals surface area contributed by atoms with E-state index in [1.54, 1.807) is 0 Å². The lowest BCUT2D eigenvalue weighted by atomic mass is 9.65. The number of imidazole rings is 1. The predicted octanol–water partition coefficient (Wildman–Crippen LogP) is 0.887. The molecular weight excluding hydrogens is 360 g/mol. The number of hydrogen-bond acceptors (Lipinski definition) is 4. The molecule has 26 heavy (non-hydrogen) atoms. The number of amides is 2. The van der Waals surface area contributed by atoms with Crippen molar-refractivity contribution in [3.8, 4) is 0 Å². The second kappa shape index (κ2) is 6.53. The van der Waals surface area contributed by atoms with Crippen LogP contribution in [-0.2, 0) is 9.59 Å². The lowest BCUT2D eigenvalue weighted by Crippen LogP contribution is -2.63. The van der Waals surface area contributed by atoms with E-state index in [1.807, 2.05) is 0 Å². The summed E-state index contributed by atoms with van der Waals surface area (Å²) in [7, 11) is 0. The Morgan fingerprint density at radius 3 is 2.35 bits per heavy atom. The highest BCUT2D eigenvalue weighted by Crippen LogP contribution is 2.55. The van der Waals surface area contributed by atoms with Crippen molar-refractivity contribution >= 4 is 11.8 Å². The summed E-state index contributed by atoms with van der Waals surface area (Å²) in [4.78, 5) is 30.2. The molecule has 0 aromatic carbocycles. The van der Waals surface area contributed by atoms with Crippen LogP contribution in [0.2, 0.25) is 0 Å². The van der Waals surface area contributed by atoms with E-state index < -0.39 is 54.6 Å². The van der Waals surface area contributed by atoms with Crippen molar-refractivity contribution in [3.63, 3.8) is 0 Å². The lowest BCUT2D eigenvalue weighted by Gasteiger charge is -2.47. The number of nitrogens with one attached hydrogen (secondary N) is 3. The molecule has 0 radical (unpaired) electrons. The highest BCUT2D eigenvalue weighted by molar-refractivity contribution is 5.85. The van der Waals surface area contributed by atoms with Gasteiger partial charge in [-0.05, 0) is 12.8 Å². The van der Waals surface area contributed by atoms with Crippen molar-refractivity contribution in [2.24, 2.45) is 5.41 Å². The third-order valence-electron chi connectivity index (χ3n) is 4.90. The molecular formula is C15H18F4N4O3. The van der Waals surface area contributed by atoms with Gasteiger partial charge in [0, 0.05) is 24.9 Å². The van der Waals surface area contributed by atoms with Gasteiger partial charge < -0.3 is 20.7 Å². The van der Waals surface area contributed by atoms with Gasteiger partial charge in [-0.3, -0.25) is 9.59 Å². The first kappa shape index (κ1) is 18.6. The average molecular weight is 378 g/mol. The largest absolute Gasteiger partial charge is 0.377 e. The molecule has 1 aromatic heterocycles. The predicted molar refractivity (Wildman–Crippen MR) is 79.3 cm³/mol. The maximum absolute atomic E-state index is 13.1. The van der Waals surface area contributed by atoms with Crippen molar-refractivity contribution in [1.29, 1.82) is 0 Å². The number of hydrogen-bond donors (Lipinski definition) is 4. The lowest BCUT2D eigenvalue weighted by molar-refractivity contribution is -0.212. The Balaban J connectivity index is 1.45. The molecule has 144 valence electrons. The molecule has 1 aromatic rings. The van der Waals surface area contributed by atoms with E-state index >= 15 is 0 Å². The number of nitrogens with zero attached hydrogens (tertiary/aromatic N) is 1. The SMILES string of the molecule is O=C(NC1CC(NC(=O)C2(C(F)F)CC(F)(F)C2)C1)C(O)c1cnc[nH]1. The molecule has 0 saturated heterocycles. The number of aromatic amines is 1. The van der Waals surface area contributed by atoms with E-state index in [0.717, 1.165) is 0 Å². The minimum absolute atomic E-state index is 0.219. The number of carbonyl (C=O) groups excluding carboxylic acids is 2. The normalized spacial score (nSPS) is 27.2. The number of carbonyl (C=O) groups is 2. The Labute approximate surface area is 145 Å². The topological polar surface area (TPSA) is 107 Å². The van der Waals surface area contributed by atoms with E-state index in [-0.39, 0.29) is 24.6 Å². The Morgan fingerprint density at radius 2 is 1.85 bits per heavy atom. The van der Waals surface area contributed by atoms with Crippen LogP contribution in [0.15, 0.2) is 12.5 Å². The van der Waals surface area contributed by atoms with Crippen molar-refractivity contribution in [2.75, 3.05) is 0 Å². The van der Waals surface area contributed by atoms with Crippen LogP contribution in [0.3, 0.4) is 0 Å². The van der Waals surface area contributed by atoms with Gasteiger partial charge in [0.2, 0.25) is 5.91 Å². The summed E-state index contributed by atoms with van der Waals surface area (Å²) >= 11 is 0. The minimum atomic E-state index is -3.24. The molecule has 0 aliphatic heterocycles. The quantitative estimate of drug-likeness (QED) is 0.552. The van der Waals surface area contributed by atoms with Crippen LogP contribution in [0, 0.1) is 5.41 Å². The first-order valence-electron chi connectivity index (χ1n) is 8.07. The highest BCUT2D eigenvalue weighted by atomic mass is 19.3. The summed E-state index contributed by atoms with van der Waals surface area (Å²) in [6.45, 7) is 0. The van der Waals surface area contributed by atoms with Gasteiger partial charge in [-0.15, -0.1) is 0 Å². The highest BCUT2D eigenvalue weighted by Gasteiger charge is 2.66. The van der Waals surface area contributed by atoms with Crippen LogP contribution < -0.4 is 10.6 Å². The number of alkyl halides is 4. The molecule has 1 heterocycles. The second-order valence-electron chi connectivity index (χ2n) is 6.92. The Morgan fingerprint density at radius 1 is 1.23 bits per heavy atom. The first-order valence-corrected chi connectivity index (χ1v) is 8.07. The summed E-state index contributed by atoms with van der Waals surface area (Å²) in [5.74, 6) is -4.98. The van der Waals surface area contributed by atoms with Crippen molar-refractivity contribution in [3.05, 3.63) is 18.2 Å². The summed E-state index contributed by atoms with van der Waals surface area (Å²) in [5.41, 5.74) is -2.12. The molecule has 7 nitrogen and oxygen atoms in total. The zero-order valence-corrected chi connectivity index (χ0v) is 13.5. The van der Waals surface area contributed by atoms with E-state index in [9.17, 15) is 32.3 Å². The van der Waals surface area contributed by atoms with Gasteiger partial charge in [0.1, 0.15) is 5.41 Å². The fraction of sp³-hybridized carbons (Fsp3) is 0.667. The van der Waals surface area contributed by atoms with E-state index in [2.05, 4.69) is 20.6 Å². The zero-order chi connectivity index (χ0) is 19.1. The van der Waals surface area contributed by atoms with Crippen LogP contribution in [0.1, 0.15) is 37.5 Å².